The number of likely N-dealkylation sites (N-methyl/N-ethyl adjacent to an activating group) is 1. The van der Waals surface area contributed by atoms with Crippen molar-refractivity contribution in [3.8, 4) is 0 Å². The summed E-state index contributed by atoms with van der Waals surface area (Å²) in [6, 6.07) is 5.31. The highest BCUT2D eigenvalue weighted by Crippen LogP contribution is 2.31. The van der Waals surface area contributed by atoms with Gasteiger partial charge in [0.2, 0.25) is 11.8 Å². The summed E-state index contributed by atoms with van der Waals surface area (Å²) in [7, 11) is 2.05. The number of piperazine rings is 1. The number of carbonyl (C=O) groups is 2. The van der Waals surface area contributed by atoms with Gasteiger partial charge in [-0.05, 0) is 32.0 Å². The third-order valence-electron chi connectivity index (χ3n) is 5.82. The molecule has 0 saturated carbocycles. The van der Waals surface area contributed by atoms with Gasteiger partial charge < -0.3 is 24.5 Å². The number of amides is 3. The number of para-hydroxylation sites is 1. The number of aryl methyl sites for hydroxylation is 1. The van der Waals surface area contributed by atoms with Crippen LogP contribution in [0.15, 0.2) is 28.8 Å². The van der Waals surface area contributed by atoms with Crippen LogP contribution in [0.3, 0.4) is 0 Å². The van der Waals surface area contributed by atoms with E-state index >= 15 is 0 Å². The van der Waals surface area contributed by atoms with Crippen LogP contribution in [0, 0.1) is 5.82 Å². The van der Waals surface area contributed by atoms with Crippen molar-refractivity contribution in [2.24, 2.45) is 0 Å². The molecule has 0 radical (unpaired) electrons. The van der Waals surface area contributed by atoms with Crippen LogP contribution in [0.25, 0.3) is 0 Å². The van der Waals surface area contributed by atoms with E-state index in [0.29, 0.717) is 37.5 Å². The van der Waals surface area contributed by atoms with Gasteiger partial charge in [-0.2, -0.15) is 4.98 Å². The molecule has 4 rings (SSSR count). The Kier molecular flexibility index (Phi) is 6.45. The lowest BCUT2D eigenvalue weighted by Gasteiger charge is -2.32. The average Bonchev–Trinajstić information content (AvgIpc) is 3.43. The van der Waals surface area contributed by atoms with E-state index in [2.05, 4.69) is 20.4 Å². The predicted octanol–water partition coefficient (Wildman–Crippen LogP) is 2.28. The molecule has 1 aromatic carbocycles. The molecule has 1 aromatic heterocycles. The Bertz CT molecular complexity index is 927. The fourth-order valence-electron chi connectivity index (χ4n) is 3.96. The quantitative estimate of drug-likeness (QED) is 0.782. The smallest absolute Gasteiger partial charge is 0.322 e. The predicted molar refractivity (Wildman–Crippen MR) is 111 cm³/mol. The summed E-state index contributed by atoms with van der Waals surface area (Å²) in [4.78, 5) is 35.2. The van der Waals surface area contributed by atoms with Crippen molar-refractivity contribution in [2.75, 3.05) is 45.1 Å². The zero-order valence-corrected chi connectivity index (χ0v) is 17.6. The lowest BCUT2D eigenvalue weighted by molar-refractivity contribution is -0.132. The van der Waals surface area contributed by atoms with Crippen molar-refractivity contribution < 1.29 is 18.5 Å². The first-order valence-corrected chi connectivity index (χ1v) is 10.6. The largest absolute Gasteiger partial charge is 0.340 e. The second-order valence-electron chi connectivity index (χ2n) is 7.99. The van der Waals surface area contributed by atoms with Gasteiger partial charge in [0.1, 0.15) is 5.82 Å². The molecule has 2 fully saturated rings. The van der Waals surface area contributed by atoms with Gasteiger partial charge in [-0.3, -0.25) is 4.79 Å². The van der Waals surface area contributed by atoms with Crippen LogP contribution >= 0.6 is 0 Å². The van der Waals surface area contributed by atoms with Crippen molar-refractivity contribution in [1.82, 2.24) is 24.8 Å². The normalized spacial score (nSPS) is 19.6. The molecule has 1 unspecified atom stereocenters. The number of nitrogens with one attached hydrogen (secondary N) is 1. The van der Waals surface area contributed by atoms with E-state index in [1.165, 1.54) is 12.1 Å². The summed E-state index contributed by atoms with van der Waals surface area (Å²) in [6.45, 7) is 3.75. The molecule has 2 aliphatic rings. The molecule has 2 saturated heterocycles. The van der Waals surface area contributed by atoms with E-state index in [9.17, 15) is 14.0 Å². The van der Waals surface area contributed by atoms with Gasteiger partial charge >= 0.3 is 6.03 Å². The molecule has 3 heterocycles. The number of anilines is 1. The van der Waals surface area contributed by atoms with Gasteiger partial charge in [0.05, 0.1) is 11.7 Å². The minimum atomic E-state index is -0.488. The number of halogens is 1. The maximum Gasteiger partial charge on any atom is 0.322 e. The van der Waals surface area contributed by atoms with Gasteiger partial charge in [-0.15, -0.1) is 0 Å². The number of nitrogens with zero attached hydrogens (tertiary/aromatic N) is 5. The number of hydrogen-bond acceptors (Lipinski definition) is 6. The van der Waals surface area contributed by atoms with E-state index in [1.54, 1.807) is 17.0 Å². The fraction of sp³-hybridized carbons (Fsp3) is 0.524. The van der Waals surface area contributed by atoms with E-state index in [-0.39, 0.29) is 17.6 Å². The molecule has 2 aliphatic heterocycles. The number of hydrogen-bond donors (Lipinski definition) is 1. The van der Waals surface area contributed by atoms with Crippen molar-refractivity contribution in [3.63, 3.8) is 0 Å². The average molecular weight is 430 g/mol. The van der Waals surface area contributed by atoms with Crippen LogP contribution in [-0.4, -0.2) is 76.6 Å². The summed E-state index contributed by atoms with van der Waals surface area (Å²) < 4.78 is 19.2. The standard InChI is InChI=1S/C21H27FN6O3/c1-26-11-13-27(14-12-26)19(29)9-8-18-24-20(25-31-18)17-7-4-10-28(17)21(30)23-16-6-3-2-5-15(16)22/h2-3,5-6,17H,4,7-14H2,1H3,(H,23,30). The molecular weight excluding hydrogens is 403 g/mol. The summed E-state index contributed by atoms with van der Waals surface area (Å²) in [5.74, 6) is 0.403. The third-order valence-corrected chi connectivity index (χ3v) is 5.82. The second kappa shape index (κ2) is 9.42. The van der Waals surface area contributed by atoms with Crippen molar-refractivity contribution in [1.29, 1.82) is 0 Å². The van der Waals surface area contributed by atoms with Crippen LogP contribution in [0.5, 0.6) is 0 Å². The minimum absolute atomic E-state index is 0.0830. The molecule has 166 valence electrons. The lowest BCUT2D eigenvalue weighted by Crippen LogP contribution is -2.47. The van der Waals surface area contributed by atoms with Crippen LogP contribution in [0.2, 0.25) is 0 Å². The second-order valence-corrected chi connectivity index (χ2v) is 7.99. The zero-order valence-electron chi connectivity index (χ0n) is 17.6. The first-order chi connectivity index (χ1) is 15.0. The molecular formula is C21H27FN6O3. The van der Waals surface area contributed by atoms with Crippen LogP contribution < -0.4 is 5.32 Å². The van der Waals surface area contributed by atoms with Crippen LogP contribution in [-0.2, 0) is 11.2 Å². The van der Waals surface area contributed by atoms with Crippen molar-refractivity contribution in [2.45, 2.75) is 31.7 Å². The van der Waals surface area contributed by atoms with Crippen LogP contribution in [0.1, 0.15) is 37.0 Å². The Hall–Kier alpha value is -3.01. The molecule has 0 bridgehead atoms. The molecule has 9 nitrogen and oxygen atoms in total. The number of rotatable bonds is 5. The molecule has 1 atom stereocenters. The van der Waals surface area contributed by atoms with E-state index < -0.39 is 11.8 Å². The van der Waals surface area contributed by atoms with Crippen molar-refractivity contribution in [3.05, 3.63) is 41.8 Å². The van der Waals surface area contributed by atoms with Crippen LogP contribution in [0.4, 0.5) is 14.9 Å². The maximum atomic E-state index is 13.9. The summed E-state index contributed by atoms with van der Waals surface area (Å²) in [5.41, 5.74) is 0.134. The third kappa shape index (κ3) is 5.01. The number of aromatic nitrogens is 2. The molecule has 1 N–H and O–H groups in total. The zero-order chi connectivity index (χ0) is 21.8. The van der Waals surface area contributed by atoms with E-state index in [4.69, 9.17) is 4.52 Å². The van der Waals surface area contributed by atoms with Gasteiger partial charge in [0.25, 0.3) is 0 Å². The monoisotopic (exact) mass is 430 g/mol. The Morgan fingerprint density at radius 2 is 1.97 bits per heavy atom. The SMILES string of the molecule is CN1CCN(C(=O)CCc2nc(C3CCCN3C(=O)Nc3ccccc3F)no2)CC1. The number of likely N-dealkylation sites (tertiary alicyclic amines) is 1. The lowest BCUT2D eigenvalue weighted by atomic mass is 10.2. The van der Waals surface area contributed by atoms with E-state index in [0.717, 1.165) is 32.6 Å². The Balaban J connectivity index is 1.33. The number of benzene rings is 1. The van der Waals surface area contributed by atoms with Crippen molar-refractivity contribution >= 4 is 17.6 Å². The minimum Gasteiger partial charge on any atom is -0.340 e. The summed E-state index contributed by atoms with van der Waals surface area (Å²) >= 11 is 0. The maximum absolute atomic E-state index is 13.9. The Morgan fingerprint density at radius 1 is 1.19 bits per heavy atom. The Labute approximate surface area is 180 Å². The summed E-state index contributed by atoms with van der Waals surface area (Å²) in [6.07, 6.45) is 2.17. The fourth-order valence-corrected chi connectivity index (χ4v) is 3.96. The van der Waals surface area contributed by atoms with Gasteiger partial charge in [-0.25, -0.2) is 9.18 Å². The highest BCUT2D eigenvalue weighted by atomic mass is 19.1. The van der Waals surface area contributed by atoms with E-state index in [1.807, 2.05) is 11.9 Å². The van der Waals surface area contributed by atoms with Gasteiger partial charge in [-0.1, -0.05) is 17.3 Å². The molecule has 0 aliphatic carbocycles. The summed E-state index contributed by atoms with van der Waals surface area (Å²) in [5, 5.41) is 6.65. The molecule has 2 aromatic rings. The van der Waals surface area contributed by atoms with Gasteiger partial charge in [0, 0.05) is 45.6 Å². The molecule has 31 heavy (non-hydrogen) atoms. The number of carbonyl (C=O) groups excluding carboxylic acids is 2. The topological polar surface area (TPSA) is 94.8 Å². The Morgan fingerprint density at radius 3 is 2.74 bits per heavy atom. The van der Waals surface area contributed by atoms with Gasteiger partial charge in [0.15, 0.2) is 5.82 Å². The number of urea groups is 1. The highest BCUT2D eigenvalue weighted by molar-refractivity contribution is 5.89. The molecule has 3 amide bonds. The molecule has 10 heteroatoms. The first-order valence-electron chi connectivity index (χ1n) is 10.6. The first kappa shape index (κ1) is 21.2. The highest BCUT2D eigenvalue weighted by Gasteiger charge is 2.34. The molecule has 0 spiro atoms.